The highest BCUT2D eigenvalue weighted by atomic mass is 19.4. The molecule has 5 nitrogen and oxygen atoms in total. The monoisotopic (exact) mass is 314 g/mol. The Kier molecular flexibility index (Phi) is 5.43. The first kappa shape index (κ1) is 18.9. The molecule has 0 saturated heterocycles. The van der Waals surface area contributed by atoms with Crippen LogP contribution >= 0.6 is 0 Å². The molecule has 3 N–H and O–H groups in total. The van der Waals surface area contributed by atoms with E-state index in [2.05, 4.69) is 4.74 Å². The number of carbonyl (C=O) groups excluding carboxylic acids is 1. The zero-order valence-corrected chi connectivity index (χ0v) is 10.0. The van der Waals surface area contributed by atoms with E-state index < -0.39 is 42.7 Å². The van der Waals surface area contributed by atoms with E-state index in [0.29, 0.717) is 0 Å². The molecule has 11 heteroatoms. The number of hydrogen-bond acceptors (Lipinski definition) is 5. The highest BCUT2D eigenvalue weighted by Crippen LogP contribution is 2.43. The van der Waals surface area contributed by atoms with E-state index in [1.54, 1.807) is 0 Å². The van der Waals surface area contributed by atoms with Crippen LogP contribution in [0.3, 0.4) is 0 Å². The molecule has 0 bridgehead atoms. The molecular weight excluding hydrogens is 302 g/mol. The van der Waals surface area contributed by atoms with Crippen LogP contribution in [0.1, 0.15) is 13.3 Å². The van der Waals surface area contributed by atoms with E-state index in [-0.39, 0.29) is 6.42 Å². The molecule has 0 saturated carbocycles. The van der Waals surface area contributed by atoms with Crippen LogP contribution in [0.4, 0.5) is 26.3 Å². The van der Waals surface area contributed by atoms with Gasteiger partial charge in [-0.3, -0.25) is 0 Å². The predicted octanol–water partition coefficient (Wildman–Crippen LogP) is 0.519. The van der Waals surface area contributed by atoms with Crippen LogP contribution in [0.5, 0.6) is 0 Å². The molecule has 0 rings (SSSR count). The lowest BCUT2D eigenvalue weighted by atomic mass is 10.0. The molecule has 0 aliphatic heterocycles. The van der Waals surface area contributed by atoms with Crippen molar-refractivity contribution >= 4 is 5.97 Å². The highest BCUT2D eigenvalue weighted by molar-refractivity contribution is 5.81. The molecule has 0 aromatic rings. The summed E-state index contributed by atoms with van der Waals surface area (Å²) >= 11 is 0. The zero-order chi connectivity index (χ0) is 16.4. The molecule has 20 heavy (non-hydrogen) atoms. The summed E-state index contributed by atoms with van der Waals surface area (Å²) in [5, 5.41) is 26.7. The second-order valence-corrected chi connectivity index (χ2v) is 4.02. The van der Waals surface area contributed by atoms with Crippen LogP contribution in [-0.4, -0.2) is 58.1 Å². The van der Waals surface area contributed by atoms with E-state index in [4.69, 9.17) is 10.2 Å². The normalized spacial score (nSPS) is 16.7. The molecule has 1 atom stereocenters. The van der Waals surface area contributed by atoms with Crippen molar-refractivity contribution in [1.82, 2.24) is 0 Å². The van der Waals surface area contributed by atoms with Crippen LogP contribution < -0.4 is 0 Å². The van der Waals surface area contributed by atoms with Gasteiger partial charge >= 0.3 is 23.9 Å². The number of halogens is 6. The summed E-state index contributed by atoms with van der Waals surface area (Å²) < 4.78 is 77.2. The van der Waals surface area contributed by atoms with Crippen molar-refractivity contribution in [2.24, 2.45) is 0 Å². The minimum atomic E-state index is -6.36. The molecular formula is C9H12F6O5. The van der Waals surface area contributed by atoms with Crippen molar-refractivity contribution in [2.75, 3.05) is 13.2 Å². The molecule has 1 unspecified atom stereocenters. The summed E-state index contributed by atoms with van der Waals surface area (Å²) in [4.78, 5) is 10.9. The van der Waals surface area contributed by atoms with Gasteiger partial charge in [0.15, 0.2) is 0 Å². The Morgan fingerprint density at radius 2 is 1.45 bits per heavy atom. The van der Waals surface area contributed by atoms with Crippen LogP contribution in [0, 0.1) is 0 Å². The number of aliphatic hydroxyl groups excluding tert-OH is 1. The Hall–Kier alpha value is -1.07. The maximum Gasteiger partial charge on any atom is 0.437 e. The van der Waals surface area contributed by atoms with Crippen LogP contribution in [0.2, 0.25) is 0 Å². The lowest BCUT2D eigenvalue weighted by molar-refractivity contribution is -0.357. The zero-order valence-electron chi connectivity index (χ0n) is 10.0. The maximum absolute atomic E-state index is 12.3. The van der Waals surface area contributed by atoms with Crippen molar-refractivity contribution in [1.29, 1.82) is 0 Å². The van der Waals surface area contributed by atoms with Gasteiger partial charge in [-0.25, -0.2) is 4.79 Å². The van der Waals surface area contributed by atoms with Gasteiger partial charge in [0, 0.05) is 0 Å². The van der Waals surface area contributed by atoms with Gasteiger partial charge in [0.2, 0.25) is 0 Å². The summed E-state index contributed by atoms with van der Waals surface area (Å²) in [7, 11) is 0. The highest BCUT2D eigenvalue weighted by Gasteiger charge is 2.76. The van der Waals surface area contributed by atoms with Gasteiger partial charge in [-0.15, -0.1) is 0 Å². The van der Waals surface area contributed by atoms with E-state index in [0.717, 1.165) is 0 Å². The number of ether oxygens (including phenoxy) is 1. The van der Waals surface area contributed by atoms with Crippen LogP contribution in [0.25, 0.3) is 0 Å². The fraction of sp³-hybridized carbons (Fsp3) is 0.889. The van der Waals surface area contributed by atoms with Gasteiger partial charge < -0.3 is 20.1 Å². The number of alkyl halides is 6. The number of carbonyl (C=O) groups is 1. The molecule has 0 aliphatic carbocycles. The number of rotatable bonds is 5. The van der Waals surface area contributed by atoms with Crippen molar-refractivity contribution in [3.8, 4) is 0 Å². The molecule has 0 amide bonds. The van der Waals surface area contributed by atoms with Crippen molar-refractivity contribution < 1.29 is 51.2 Å². The predicted molar refractivity (Wildman–Crippen MR) is 50.3 cm³/mol. The second-order valence-electron chi connectivity index (χ2n) is 4.02. The van der Waals surface area contributed by atoms with Crippen LogP contribution in [-0.2, 0) is 9.53 Å². The minimum Gasteiger partial charge on any atom is -0.460 e. The van der Waals surface area contributed by atoms with Gasteiger partial charge in [-0.05, 0) is 6.42 Å². The summed E-state index contributed by atoms with van der Waals surface area (Å²) in [5.74, 6) is -3.03. The summed E-state index contributed by atoms with van der Waals surface area (Å²) in [5.41, 5.74) is -7.90. The van der Waals surface area contributed by atoms with Crippen molar-refractivity contribution in [3.05, 3.63) is 0 Å². The third-order valence-corrected chi connectivity index (χ3v) is 2.54. The third kappa shape index (κ3) is 3.52. The van der Waals surface area contributed by atoms with Crippen LogP contribution in [0.15, 0.2) is 0 Å². The van der Waals surface area contributed by atoms with Gasteiger partial charge in [0.1, 0.15) is 12.2 Å². The Morgan fingerprint density at radius 1 is 1.05 bits per heavy atom. The largest absolute Gasteiger partial charge is 0.460 e. The van der Waals surface area contributed by atoms with Crippen molar-refractivity contribution in [2.45, 2.75) is 36.9 Å². The standard InChI is InChI=1S/C9H12F6O5/c1-2-6(18,3-16)4-20-5(17)7(19,8(10,11)12)9(13,14)15/h16,18-19H,2-4H2,1H3. The van der Waals surface area contributed by atoms with Gasteiger partial charge in [-0.2, -0.15) is 26.3 Å². The lowest BCUT2D eigenvalue weighted by Crippen LogP contribution is -2.63. The first-order valence-electron chi connectivity index (χ1n) is 5.11. The number of aliphatic hydroxyl groups is 3. The summed E-state index contributed by atoms with van der Waals surface area (Å²) in [6, 6.07) is 0. The van der Waals surface area contributed by atoms with Gasteiger partial charge in [-0.1, -0.05) is 6.92 Å². The Morgan fingerprint density at radius 3 is 1.70 bits per heavy atom. The maximum atomic E-state index is 12.3. The van der Waals surface area contributed by atoms with Gasteiger partial charge in [0.05, 0.1) is 6.61 Å². The fourth-order valence-corrected chi connectivity index (χ4v) is 0.956. The van der Waals surface area contributed by atoms with E-state index in [9.17, 15) is 36.2 Å². The lowest BCUT2D eigenvalue weighted by Gasteiger charge is -2.31. The molecule has 0 aromatic carbocycles. The molecule has 120 valence electrons. The number of hydrogen-bond donors (Lipinski definition) is 3. The molecule has 0 radical (unpaired) electrons. The average Bonchev–Trinajstić information content (AvgIpc) is 2.31. The topological polar surface area (TPSA) is 87.0 Å². The molecule has 0 aromatic heterocycles. The second kappa shape index (κ2) is 5.74. The summed E-state index contributed by atoms with van der Waals surface area (Å²) in [6.07, 6.45) is -13.0. The quantitative estimate of drug-likeness (QED) is 0.509. The third-order valence-electron chi connectivity index (χ3n) is 2.54. The Bertz CT molecular complexity index is 332. The molecule has 0 heterocycles. The molecule has 0 aliphatic rings. The Balaban J connectivity index is 5.23. The van der Waals surface area contributed by atoms with E-state index in [1.165, 1.54) is 6.92 Å². The molecule has 0 fully saturated rings. The minimum absolute atomic E-state index is 0.312. The molecule has 0 spiro atoms. The smallest absolute Gasteiger partial charge is 0.437 e. The van der Waals surface area contributed by atoms with E-state index in [1.807, 2.05) is 0 Å². The average molecular weight is 314 g/mol. The number of esters is 1. The van der Waals surface area contributed by atoms with Gasteiger partial charge in [0.25, 0.3) is 0 Å². The summed E-state index contributed by atoms with van der Waals surface area (Å²) in [6.45, 7) is -1.16. The van der Waals surface area contributed by atoms with Crippen molar-refractivity contribution in [3.63, 3.8) is 0 Å². The Labute approximate surface area is 108 Å². The first-order chi connectivity index (χ1) is 8.75. The SMILES string of the molecule is CCC(O)(CO)COC(=O)C(O)(C(F)(F)F)C(F)(F)F. The fourth-order valence-electron chi connectivity index (χ4n) is 0.956. The first-order valence-corrected chi connectivity index (χ1v) is 5.11. The van der Waals surface area contributed by atoms with E-state index >= 15 is 0 Å².